The minimum absolute atomic E-state index is 0.188. The Labute approximate surface area is 110 Å². The van der Waals surface area contributed by atoms with E-state index in [0.29, 0.717) is 6.54 Å². The molecule has 0 amide bonds. The first-order chi connectivity index (χ1) is 8.51. The first kappa shape index (κ1) is 14.8. The van der Waals surface area contributed by atoms with E-state index in [1.165, 1.54) is 0 Å². The maximum atomic E-state index is 9.51. The van der Waals surface area contributed by atoms with Gasteiger partial charge in [0.2, 0.25) is 0 Å². The molecular formula is C14H24N2O2. The van der Waals surface area contributed by atoms with Gasteiger partial charge >= 0.3 is 0 Å². The van der Waals surface area contributed by atoms with Crippen LogP contribution in [-0.4, -0.2) is 39.0 Å². The molecule has 4 heteroatoms. The molecule has 0 aliphatic rings. The Bertz CT molecular complexity index is 380. The number of hydrogen-bond acceptors (Lipinski definition) is 4. The third-order valence-electron chi connectivity index (χ3n) is 3.08. The molecule has 0 aliphatic heterocycles. The zero-order valence-electron chi connectivity index (χ0n) is 11.9. The monoisotopic (exact) mass is 252 g/mol. The molecule has 0 aromatic heterocycles. The van der Waals surface area contributed by atoms with E-state index in [0.717, 1.165) is 17.0 Å². The van der Waals surface area contributed by atoms with E-state index in [2.05, 4.69) is 17.1 Å². The molecule has 18 heavy (non-hydrogen) atoms. The van der Waals surface area contributed by atoms with Crippen LogP contribution in [0, 0.1) is 0 Å². The maximum absolute atomic E-state index is 9.51. The maximum Gasteiger partial charge on any atom is 0.125 e. The van der Waals surface area contributed by atoms with Crippen molar-refractivity contribution < 1.29 is 9.84 Å². The lowest BCUT2D eigenvalue weighted by Crippen LogP contribution is -2.29. The summed E-state index contributed by atoms with van der Waals surface area (Å²) < 4.78 is 5.43. The zero-order chi connectivity index (χ0) is 13.7. The van der Waals surface area contributed by atoms with Crippen LogP contribution in [0.15, 0.2) is 18.2 Å². The van der Waals surface area contributed by atoms with Gasteiger partial charge in [-0.25, -0.2) is 0 Å². The predicted octanol–water partition coefficient (Wildman–Crippen LogP) is 1.79. The minimum Gasteiger partial charge on any atom is -0.496 e. The molecule has 2 N–H and O–H groups in total. The SMILES string of the molecule is CNC(C)c1c(OC)cccc1N(C)CC(C)O. The molecule has 2 atom stereocenters. The summed E-state index contributed by atoms with van der Waals surface area (Å²) in [5.41, 5.74) is 2.20. The number of hydrogen-bond donors (Lipinski definition) is 2. The Hall–Kier alpha value is -1.26. The Kier molecular flexibility index (Phi) is 5.44. The molecule has 0 saturated heterocycles. The van der Waals surface area contributed by atoms with Crippen LogP contribution in [0.2, 0.25) is 0 Å². The van der Waals surface area contributed by atoms with Crippen LogP contribution in [0.3, 0.4) is 0 Å². The number of rotatable bonds is 6. The van der Waals surface area contributed by atoms with Crippen LogP contribution in [0.25, 0.3) is 0 Å². The Balaban J connectivity index is 3.17. The second kappa shape index (κ2) is 6.61. The van der Waals surface area contributed by atoms with Crippen molar-refractivity contribution in [1.29, 1.82) is 0 Å². The van der Waals surface area contributed by atoms with Crippen molar-refractivity contribution in [2.45, 2.75) is 26.0 Å². The molecule has 0 heterocycles. The van der Waals surface area contributed by atoms with Gasteiger partial charge in [0, 0.05) is 30.9 Å². The van der Waals surface area contributed by atoms with E-state index < -0.39 is 0 Å². The van der Waals surface area contributed by atoms with Crippen molar-refractivity contribution in [3.63, 3.8) is 0 Å². The van der Waals surface area contributed by atoms with Crippen LogP contribution in [-0.2, 0) is 0 Å². The van der Waals surface area contributed by atoms with E-state index in [-0.39, 0.29) is 12.1 Å². The van der Waals surface area contributed by atoms with Gasteiger partial charge in [0.1, 0.15) is 5.75 Å². The third-order valence-corrected chi connectivity index (χ3v) is 3.08. The fourth-order valence-corrected chi connectivity index (χ4v) is 2.12. The van der Waals surface area contributed by atoms with Gasteiger partial charge in [0.25, 0.3) is 0 Å². The molecule has 0 saturated carbocycles. The van der Waals surface area contributed by atoms with E-state index >= 15 is 0 Å². The summed E-state index contributed by atoms with van der Waals surface area (Å²) >= 11 is 0. The fraction of sp³-hybridized carbons (Fsp3) is 0.571. The van der Waals surface area contributed by atoms with Gasteiger partial charge in [-0.3, -0.25) is 0 Å². The lowest BCUT2D eigenvalue weighted by Gasteiger charge is -2.27. The lowest BCUT2D eigenvalue weighted by atomic mass is 10.0. The quantitative estimate of drug-likeness (QED) is 0.810. The van der Waals surface area contributed by atoms with Gasteiger partial charge in [0.05, 0.1) is 13.2 Å². The molecule has 1 rings (SSSR count). The average Bonchev–Trinajstić information content (AvgIpc) is 2.35. The van der Waals surface area contributed by atoms with Crippen LogP contribution in [0.4, 0.5) is 5.69 Å². The topological polar surface area (TPSA) is 44.7 Å². The standard InChI is InChI=1S/C14H24N2O2/c1-10(17)9-16(4)12-7-6-8-13(18-5)14(12)11(2)15-3/h6-8,10-11,15,17H,9H2,1-5H3. The van der Waals surface area contributed by atoms with Gasteiger partial charge in [-0.1, -0.05) is 6.07 Å². The molecule has 0 radical (unpaired) electrons. The van der Waals surface area contributed by atoms with E-state index in [1.54, 1.807) is 14.0 Å². The highest BCUT2D eigenvalue weighted by molar-refractivity contribution is 5.60. The van der Waals surface area contributed by atoms with E-state index in [1.807, 2.05) is 32.3 Å². The van der Waals surface area contributed by atoms with Gasteiger partial charge in [-0.15, -0.1) is 0 Å². The number of likely N-dealkylation sites (N-methyl/N-ethyl adjacent to an activating group) is 1. The van der Waals surface area contributed by atoms with Crippen LogP contribution in [0.5, 0.6) is 5.75 Å². The van der Waals surface area contributed by atoms with Crippen molar-refractivity contribution in [2.24, 2.45) is 0 Å². The van der Waals surface area contributed by atoms with Crippen molar-refractivity contribution in [2.75, 3.05) is 32.6 Å². The van der Waals surface area contributed by atoms with Gasteiger partial charge < -0.3 is 20.1 Å². The normalized spacial score (nSPS) is 14.1. The van der Waals surface area contributed by atoms with Gasteiger partial charge in [0.15, 0.2) is 0 Å². The van der Waals surface area contributed by atoms with Gasteiger partial charge in [-0.05, 0) is 33.0 Å². The molecule has 0 fully saturated rings. The molecule has 4 nitrogen and oxygen atoms in total. The smallest absolute Gasteiger partial charge is 0.125 e. The molecule has 0 spiro atoms. The lowest BCUT2D eigenvalue weighted by molar-refractivity contribution is 0.201. The zero-order valence-corrected chi connectivity index (χ0v) is 11.9. The number of methoxy groups -OCH3 is 1. The van der Waals surface area contributed by atoms with Crippen molar-refractivity contribution in [3.05, 3.63) is 23.8 Å². The highest BCUT2D eigenvalue weighted by atomic mass is 16.5. The number of nitrogens with zero attached hydrogens (tertiary/aromatic N) is 1. The number of anilines is 1. The summed E-state index contributed by atoms with van der Waals surface area (Å²) in [6, 6.07) is 6.17. The molecule has 1 aromatic rings. The summed E-state index contributed by atoms with van der Waals surface area (Å²) in [7, 11) is 5.59. The van der Waals surface area contributed by atoms with Crippen LogP contribution < -0.4 is 15.0 Å². The van der Waals surface area contributed by atoms with E-state index in [9.17, 15) is 5.11 Å². The second-order valence-corrected chi connectivity index (χ2v) is 4.63. The van der Waals surface area contributed by atoms with Crippen molar-refractivity contribution >= 4 is 5.69 Å². The largest absolute Gasteiger partial charge is 0.496 e. The Morgan fingerprint density at radius 3 is 2.56 bits per heavy atom. The molecule has 102 valence electrons. The average molecular weight is 252 g/mol. The van der Waals surface area contributed by atoms with Crippen molar-refractivity contribution in [3.8, 4) is 5.75 Å². The highest BCUT2D eigenvalue weighted by Gasteiger charge is 2.17. The number of aliphatic hydroxyl groups excluding tert-OH is 1. The van der Waals surface area contributed by atoms with Crippen LogP contribution in [0.1, 0.15) is 25.5 Å². The Morgan fingerprint density at radius 2 is 2.06 bits per heavy atom. The molecule has 2 unspecified atom stereocenters. The first-order valence-electron chi connectivity index (χ1n) is 6.24. The molecule has 0 bridgehead atoms. The Morgan fingerprint density at radius 1 is 1.39 bits per heavy atom. The number of ether oxygens (including phenoxy) is 1. The highest BCUT2D eigenvalue weighted by Crippen LogP contribution is 2.34. The predicted molar refractivity (Wildman–Crippen MR) is 75.4 cm³/mol. The summed E-state index contributed by atoms with van der Waals surface area (Å²) in [6.07, 6.45) is -0.362. The number of benzene rings is 1. The first-order valence-corrected chi connectivity index (χ1v) is 6.24. The molecular weight excluding hydrogens is 228 g/mol. The summed E-state index contributed by atoms with van der Waals surface area (Å²) in [4.78, 5) is 2.05. The van der Waals surface area contributed by atoms with Gasteiger partial charge in [-0.2, -0.15) is 0 Å². The summed E-state index contributed by atoms with van der Waals surface area (Å²) in [6.45, 7) is 4.48. The number of aliphatic hydroxyl groups is 1. The summed E-state index contributed by atoms with van der Waals surface area (Å²) in [5.74, 6) is 0.867. The van der Waals surface area contributed by atoms with E-state index in [4.69, 9.17) is 4.74 Å². The molecule has 1 aromatic carbocycles. The minimum atomic E-state index is -0.362. The summed E-state index contributed by atoms with van der Waals surface area (Å²) in [5, 5.41) is 12.7. The second-order valence-electron chi connectivity index (χ2n) is 4.63. The van der Waals surface area contributed by atoms with Crippen molar-refractivity contribution in [1.82, 2.24) is 5.32 Å². The fourth-order valence-electron chi connectivity index (χ4n) is 2.12. The third kappa shape index (κ3) is 3.37. The van der Waals surface area contributed by atoms with Crippen LogP contribution >= 0.6 is 0 Å². The number of nitrogens with one attached hydrogen (secondary N) is 1. The molecule has 0 aliphatic carbocycles.